The molecule has 0 aliphatic carbocycles. The highest BCUT2D eigenvalue weighted by atomic mass is 16.6. The number of hydrogen-bond acceptors (Lipinski definition) is 3. The first-order chi connectivity index (χ1) is 10.8. The molecule has 1 aromatic heterocycles. The quantitative estimate of drug-likeness (QED) is 0.704. The number of ether oxygens (including phenoxy) is 1. The van der Waals surface area contributed by atoms with E-state index in [1.807, 2.05) is 42.5 Å². The van der Waals surface area contributed by atoms with Crippen LogP contribution < -0.4 is 0 Å². The molecular weight excluding hydrogens is 278 g/mol. The number of furan rings is 1. The molecule has 0 N–H and O–H groups in total. The van der Waals surface area contributed by atoms with Crippen molar-refractivity contribution in [3.63, 3.8) is 0 Å². The number of carbonyl (C=O) groups is 1. The van der Waals surface area contributed by atoms with E-state index in [0.717, 1.165) is 11.3 Å². The molecule has 4 nitrogen and oxygen atoms in total. The molecular formula is C18H21NO3. The Bertz CT molecular complexity index is 578. The third-order valence-electron chi connectivity index (χ3n) is 3.34. The average Bonchev–Trinajstić information content (AvgIpc) is 3.06. The van der Waals surface area contributed by atoms with Crippen LogP contribution in [0.4, 0.5) is 4.79 Å². The predicted octanol–water partition coefficient (Wildman–Crippen LogP) is 4.56. The Labute approximate surface area is 131 Å². The number of benzene rings is 1. The zero-order valence-corrected chi connectivity index (χ0v) is 12.8. The summed E-state index contributed by atoms with van der Waals surface area (Å²) in [6.07, 6.45) is 3.63. The minimum atomic E-state index is -0.352. The van der Waals surface area contributed by atoms with Crippen molar-refractivity contribution in [2.75, 3.05) is 6.61 Å². The molecule has 116 valence electrons. The molecule has 0 fully saturated rings. The number of hydrogen-bond donors (Lipinski definition) is 0. The van der Waals surface area contributed by atoms with Crippen LogP contribution in [0.2, 0.25) is 0 Å². The highest BCUT2D eigenvalue weighted by Crippen LogP contribution is 2.27. The van der Waals surface area contributed by atoms with E-state index in [1.165, 1.54) is 0 Å². The van der Waals surface area contributed by atoms with Crippen LogP contribution in [0.3, 0.4) is 0 Å². The molecule has 0 aliphatic heterocycles. The molecule has 0 saturated carbocycles. The van der Waals surface area contributed by atoms with Gasteiger partial charge in [0.25, 0.3) is 0 Å². The van der Waals surface area contributed by atoms with Crippen molar-refractivity contribution in [1.82, 2.24) is 4.90 Å². The van der Waals surface area contributed by atoms with E-state index in [0.29, 0.717) is 19.6 Å². The molecule has 2 aromatic rings. The minimum Gasteiger partial charge on any atom is -0.467 e. The maximum Gasteiger partial charge on any atom is 0.410 e. The largest absolute Gasteiger partial charge is 0.467 e. The Morgan fingerprint density at radius 2 is 2.09 bits per heavy atom. The van der Waals surface area contributed by atoms with Crippen LogP contribution in [0.25, 0.3) is 0 Å². The highest BCUT2D eigenvalue weighted by Gasteiger charge is 2.27. The maximum atomic E-state index is 12.4. The fourth-order valence-electron chi connectivity index (χ4n) is 2.32. The van der Waals surface area contributed by atoms with Crippen LogP contribution in [0, 0.1) is 0 Å². The van der Waals surface area contributed by atoms with Crippen LogP contribution in [-0.4, -0.2) is 17.6 Å². The topological polar surface area (TPSA) is 42.7 Å². The van der Waals surface area contributed by atoms with Gasteiger partial charge in [0, 0.05) is 6.54 Å². The van der Waals surface area contributed by atoms with E-state index in [9.17, 15) is 4.79 Å². The van der Waals surface area contributed by atoms with E-state index in [-0.39, 0.29) is 12.1 Å². The van der Waals surface area contributed by atoms with E-state index in [4.69, 9.17) is 9.15 Å². The molecule has 22 heavy (non-hydrogen) atoms. The maximum absolute atomic E-state index is 12.4. The Morgan fingerprint density at radius 1 is 1.32 bits per heavy atom. The minimum absolute atomic E-state index is 0.230. The molecule has 1 heterocycles. The van der Waals surface area contributed by atoms with Gasteiger partial charge in [-0.2, -0.15) is 0 Å². The van der Waals surface area contributed by atoms with Gasteiger partial charge in [0.15, 0.2) is 0 Å². The molecule has 2 rings (SSSR count). The molecule has 1 atom stereocenters. The standard InChI is InChI=1S/C18H21NO3/c1-3-9-16(17-12-8-13-22-17)19(18(20)21-4-2)14-15-10-6-5-7-11-15/h3,5-8,10-13,16H,1,4,9,14H2,2H3. The lowest BCUT2D eigenvalue weighted by molar-refractivity contribution is 0.0816. The lowest BCUT2D eigenvalue weighted by Gasteiger charge is -2.29. The van der Waals surface area contributed by atoms with Gasteiger partial charge in [0.2, 0.25) is 0 Å². The van der Waals surface area contributed by atoms with E-state index >= 15 is 0 Å². The van der Waals surface area contributed by atoms with Crippen LogP contribution in [0.5, 0.6) is 0 Å². The third-order valence-corrected chi connectivity index (χ3v) is 3.34. The second-order valence-corrected chi connectivity index (χ2v) is 4.87. The monoisotopic (exact) mass is 299 g/mol. The molecule has 1 unspecified atom stereocenters. The zero-order valence-electron chi connectivity index (χ0n) is 12.8. The van der Waals surface area contributed by atoms with Crippen molar-refractivity contribution < 1.29 is 13.9 Å². The summed E-state index contributed by atoms with van der Waals surface area (Å²) in [4.78, 5) is 14.1. The van der Waals surface area contributed by atoms with Crippen molar-refractivity contribution in [3.05, 3.63) is 72.7 Å². The van der Waals surface area contributed by atoms with Gasteiger partial charge in [-0.25, -0.2) is 4.79 Å². The summed E-state index contributed by atoms with van der Waals surface area (Å²) in [5.74, 6) is 0.726. The first kappa shape index (κ1) is 15.9. The third kappa shape index (κ3) is 4.01. The van der Waals surface area contributed by atoms with Crippen LogP contribution >= 0.6 is 0 Å². The molecule has 4 heteroatoms. The highest BCUT2D eigenvalue weighted by molar-refractivity contribution is 5.68. The summed E-state index contributed by atoms with van der Waals surface area (Å²) in [5, 5.41) is 0. The summed E-state index contributed by atoms with van der Waals surface area (Å²) < 4.78 is 10.7. The molecule has 0 spiro atoms. The Morgan fingerprint density at radius 3 is 2.68 bits per heavy atom. The van der Waals surface area contributed by atoms with Crippen LogP contribution in [-0.2, 0) is 11.3 Å². The van der Waals surface area contributed by atoms with Gasteiger partial charge < -0.3 is 9.15 Å². The van der Waals surface area contributed by atoms with Gasteiger partial charge in [-0.05, 0) is 31.0 Å². The molecule has 0 aliphatic rings. The lowest BCUT2D eigenvalue weighted by atomic mass is 10.1. The van der Waals surface area contributed by atoms with Crippen molar-refractivity contribution >= 4 is 6.09 Å². The van der Waals surface area contributed by atoms with E-state index < -0.39 is 0 Å². The molecule has 0 radical (unpaired) electrons. The molecule has 1 aromatic carbocycles. The fourth-order valence-corrected chi connectivity index (χ4v) is 2.32. The normalized spacial score (nSPS) is 11.7. The van der Waals surface area contributed by atoms with Gasteiger partial charge in [-0.1, -0.05) is 36.4 Å². The van der Waals surface area contributed by atoms with Crippen molar-refractivity contribution in [2.24, 2.45) is 0 Å². The number of rotatable bonds is 7. The van der Waals surface area contributed by atoms with Gasteiger partial charge >= 0.3 is 6.09 Å². The van der Waals surface area contributed by atoms with Gasteiger partial charge in [0.05, 0.1) is 18.9 Å². The lowest BCUT2D eigenvalue weighted by Crippen LogP contribution is -2.34. The van der Waals surface area contributed by atoms with E-state index in [2.05, 4.69) is 6.58 Å². The Balaban J connectivity index is 2.28. The first-order valence-corrected chi connectivity index (χ1v) is 7.37. The molecule has 1 amide bonds. The molecule has 0 bridgehead atoms. The summed E-state index contributed by atoms with van der Waals surface area (Å²) >= 11 is 0. The first-order valence-electron chi connectivity index (χ1n) is 7.37. The van der Waals surface area contributed by atoms with Crippen molar-refractivity contribution in [1.29, 1.82) is 0 Å². The zero-order chi connectivity index (χ0) is 15.8. The van der Waals surface area contributed by atoms with Gasteiger partial charge in [-0.3, -0.25) is 4.90 Å². The number of amides is 1. The SMILES string of the molecule is C=CCC(c1ccco1)N(Cc1ccccc1)C(=O)OCC. The van der Waals surface area contributed by atoms with Gasteiger partial charge in [0.1, 0.15) is 5.76 Å². The summed E-state index contributed by atoms with van der Waals surface area (Å²) in [7, 11) is 0. The summed E-state index contributed by atoms with van der Waals surface area (Å²) in [5.41, 5.74) is 1.04. The smallest absolute Gasteiger partial charge is 0.410 e. The Kier molecular flexibility index (Phi) is 5.83. The second kappa shape index (κ2) is 8.08. The van der Waals surface area contributed by atoms with Crippen LogP contribution in [0.1, 0.15) is 30.7 Å². The van der Waals surface area contributed by atoms with Gasteiger partial charge in [-0.15, -0.1) is 6.58 Å². The predicted molar refractivity (Wildman–Crippen MR) is 85.3 cm³/mol. The van der Waals surface area contributed by atoms with E-state index in [1.54, 1.807) is 24.2 Å². The number of nitrogens with zero attached hydrogens (tertiary/aromatic N) is 1. The van der Waals surface area contributed by atoms with Crippen LogP contribution in [0.15, 0.2) is 65.8 Å². The summed E-state index contributed by atoms with van der Waals surface area (Å²) in [6.45, 7) is 6.38. The average molecular weight is 299 g/mol. The van der Waals surface area contributed by atoms with Crippen molar-refractivity contribution in [2.45, 2.75) is 25.9 Å². The van der Waals surface area contributed by atoms with Crippen molar-refractivity contribution in [3.8, 4) is 0 Å². The molecule has 0 saturated heterocycles. The second-order valence-electron chi connectivity index (χ2n) is 4.87. The fraction of sp³-hybridized carbons (Fsp3) is 0.278. The Hall–Kier alpha value is -2.49. The number of carbonyl (C=O) groups excluding carboxylic acids is 1. The summed E-state index contributed by atoms with van der Waals surface area (Å²) in [6, 6.07) is 13.3.